The highest BCUT2D eigenvalue weighted by molar-refractivity contribution is 5.96. The minimum absolute atomic E-state index is 0.192. The second-order valence-corrected chi connectivity index (χ2v) is 2.55. The molecule has 0 amide bonds. The zero-order chi connectivity index (χ0) is 7.68. The Kier molecular flexibility index (Phi) is 1.39. The van der Waals surface area contributed by atoms with Crippen LogP contribution in [0, 0.1) is 0 Å². The number of allylic oxidation sites excluding steroid dienone is 4. The van der Waals surface area contributed by atoms with Gasteiger partial charge in [-0.05, 0) is 12.5 Å². The van der Waals surface area contributed by atoms with Crippen LogP contribution in [0.1, 0.15) is 6.42 Å². The van der Waals surface area contributed by atoms with E-state index in [0.29, 0.717) is 6.61 Å². The Bertz CT molecular complexity index is 282. The number of hydrogen-bond donors (Lipinski definition) is 0. The summed E-state index contributed by atoms with van der Waals surface area (Å²) in [5.41, 5.74) is 1.75. The van der Waals surface area contributed by atoms with Crippen molar-refractivity contribution < 1.29 is 9.53 Å². The third-order valence-corrected chi connectivity index (χ3v) is 1.82. The largest absolute Gasteiger partial charge is 0.457 e. The lowest BCUT2D eigenvalue weighted by Crippen LogP contribution is -1.93. The van der Waals surface area contributed by atoms with Gasteiger partial charge in [-0.2, -0.15) is 0 Å². The van der Waals surface area contributed by atoms with Gasteiger partial charge in [-0.1, -0.05) is 18.2 Å². The van der Waals surface area contributed by atoms with E-state index in [2.05, 4.69) is 0 Å². The van der Waals surface area contributed by atoms with Gasteiger partial charge in [0.15, 0.2) is 0 Å². The van der Waals surface area contributed by atoms with E-state index < -0.39 is 0 Å². The molecule has 0 spiro atoms. The van der Waals surface area contributed by atoms with E-state index in [1.165, 1.54) is 0 Å². The fraction of sp³-hybridized carbons (Fsp3) is 0.222. The van der Waals surface area contributed by atoms with Gasteiger partial charge in [0, 0.05) is 5.57 Å². The molecule has 11 heavy (non-hydrogen) atoms. The fourth-order valence-electron chi connectivity index (χ4n) is 1.23. The fourth-order valence-corrected chi connectivity index (χ4v) is 1.23. The highest BCUT2D eigenvalue weighted by atomic mass is 16.5. The van der Waals surface area contributed by atoms with Gasteiger partial charge in [-0.3, -0.25) is 0 Å². The standard InChI is InChI=1S/C9H8O2/c10-9-8-5-3-1-2-4-7(8)6-11-9/h1,3-5H,2,6H2. The number of carbonyl (C=O) groups is 1. The summed E-state index contributed by atoms with van der Waals surface area (Å²) < 4.78 is 4.85. The predicted octanol–water partition coefficient (Wildman–Crippen LogP) is 1.36. The van der Waals surface area contributed by atoms with Crippen LogP contribution >= 0.6 is 0 Å². The molecule has 56 valence electrons. The van der Waals surface area contributed by atoms with Gasteiger partial charge in [-0.15, -0.1) is 0 Å². The van der Waals surface area contributed by atoms with Crippen molar-refractivity contribution in [2.45, 2.75) is 6.42 Å². The summed E-state index contributed by atoms with van der Waals surface area (Å²) in [4.78, 5) is 11.0. The first-order chi connectivity index (χ1) is 5.38. The third kappa shape index (κ3) is 1.00. The highest BCUT2D eigenvalue weighted by Crippen LogP contribution is 2.22. The van der Waals surface area contributed by atoms with Gasteiger partial charge in [0.05, 0.1) is 5.57 Å². The van der Waals surface area contributed by atoms with E-state index in [1.807, 2.05) is 24.3 Å². The van der Waals surface area contributed by atoms with Crippen LogP contribution in [0.2, 0.25) is 0 Å². The lowest BCUT2D eigenvalue weighted by Gasteiger charge is -1.88. The number of carbonyl (C=O) groups excluding carboxylic acids is 1. The molecular formula is C9H8O2. The maximum Gasteiger partial charge on any atom is 0.338 e. The summed E-state index contributed by atoms with van der Waals surface area (Å²) >= 11 is 0. The Hall–Kier alpha value is -1.31. The first-order valence-electron chi connectivity index (χ1n) is 3.61. The average molecular weight is 148 g/mol. The zero-order valence-corrected chi connectivity index (χ0v) is 6.04. The highest BCUT2D eigenvalue weighted by Gasteiger charge is 2.23. The first kappa shape index (κ1) is 6.40. The first-order valence-corrected chi connectivity index (χ1v) is 3.61. The molecule has 1 fully saturated rings. The topological polar surface area (TPSA) is 26.3 Å². The SMILES string of the molecule is O=C1OCC2=CCC=CC=C12. The van der Waals surface area contributed by atoms with Crippen molar-refractivity contribution in [3.63, 3.8) is 0 Å². The van der Waals surface area contributed by atoms with Crippen molar-refractivity contribution in [3.8, 4) is 0 Å². The molecule has 0 saturated carbocycles. The molecule has 0 atom stereocenters. The average Bonchev–Trinajstić information content (AvgIpc) is 2.25. The normalized spacial score (nSPS) is 21.6. The van der Waals surface area contributed by atoms with Crippen molar-refractivity contribution in [2.24, 2.45) is 0 Å². The molecule has 1 saturated heterocycles. The number of rotatable bonds is 0. The molecule has 1 aliphatic heterocycles. The van der Waals surface area contributed by atoms with Crippen LogP contribution in [-0.2, 0) is 9.53 Å². The number of esters is 1. The van der Waals surface area contributed by atoms with Gasteiger partial charge in [-0.25, -0.2) is 4.79 Å². The number of cyclic esters (lactones) is 1. The van der Waals surface area contributed by atoms with Crippen molar-refractivity contribution in [3.05, 3.63) is 35.5 Å². The molecule has 0 aromatic rings. The summed E-state index contributed by atoms with van der Waals surface area (Å²) in [6.45, 7) is 0.451. The molecule has 0 unspecified atom stereocenters. The van der Waals surface area contributed by atoms with Crippen LogP contribution in [0.5, 0.6) is 0 Å². The van der Waals surface area contributed by atoms with Crippen LogP contribution in [0.3, 0.4) is 0 Å². The summed E-state index contributed by atoms with van der Waals surface area (Å²) in [6, 6.07) is 0. The van der Waals surface area contributed by atoms with E-state index in [0.717, 1.165) is 17.6 Å². The Morgan fingerprint density at radius 3 is 3.27 bits per heavy atom. The van der Waals surface area contributed by atoms with Gasteiger partial charge in [0.2, 0.25) is 0 Å². The summed E-state index contributed by atoms with van der Waals surface area (Å²) in [5, 5.41) is 0. The lowest BCUT2D eigenvalue weighted by molar-refractivity contribution is -0.134. The van der Waals surface area contributed by atoms with Gasteiger partial charge < -0.3 is 4.74 Å². The molecule has 0 bridgehead atoms. The van der Waals surface area contributed by atoms with Crippen molar-refractivity contribution in [1.82, 2.24) is 0 Å². The van der Waals surface area contributed by atoms with Crippen molar-refractivity contribution >= 4 is 5.97 Å². The third-order valence-electron chi connectivity index (χ3n) is 1.82. The predicted molar refractivity (Wildman–Crippen MR) is 40.9 cm³/mol. The Balaban J connectivity index is 2.44. The summed E-state index contributed by atoms with van der Waals surface area (Å²) in [7, 11) is 0. The number of fused-ring (bicyclic) bond motifs is 1. The minimum Gasteiger partial charge on any atom is -0.457 e. The molecule has 2 heteroatoms. The number of ether oxygens (including phenoxy) is 1. The van der Waals surface area contributed by atoms with Crippen LogP contribution in [0.15, 0.2) is 35.5 Å². The quantitative estimate of drug-likeness (QED) is 0.485. The molecule has 1 aliphatic carbocycles. The molecular weight excluding hydrogens is 140 g/mol. The molecule has 2 aliphatic rings. The molecule has 1 heterocycles. The maximum absolute atomic E-state index is 11.0. The molecule has 0 aromatic heterocycles. The van der Waals surface area contributed by atoms with E-state index >= 15 is 0 Å². The molecule has 2 nitrogen and oxygen atoms in total. The minimum atomic E-state index is -0.192. The smallest absolute Gasteiger partial charge is 0.338 e. The maximum atomic E-state index is 11.0. The molecule has 0 aromatic carbocycles. The number of hydrogen-bond acceptors (Lipinski definition) is 2. The molecule has 2 rings (SSSR count). The van der Waals surface area contributed by atoms with Gasteiger partial charge >= 0.3 is 5.97 Å². The van der Waals surface area contributed by atoms with Gasteiger partial charge in [0.1, 0.15) is 6.61 Å². The summed E-state index contributed by atoms with van der Waals surface area (Å²) in [6.07, 6.45) is 8.65. The van der Waals surface area contributed by atoms with Crippen molar-refractivity contribution in [2.75, 3.05) is 6.61 Å². The second-order valence-electron chi connectivity index (χ2n) is 2.55. The van der Waals surface area contributed by atoms with Crippen LogP contribution in [-0.4, -0.2) is 12.6 Å². The Labute approximate surface area is 64.9 Å². The van der Waals surface area contributed by atoms with Gasteiger partial charge in [0.25, 0.3) is 0 Å². The van der Waals surface area contributed by atoms with Crippen LogP contribution in [0.25, 0.3) is 0 Å². The molecule has 0 N–H and O–H groups in total. The van der Waals surface area contributed by atoms with Crippen LogP contribution < -0.4 is 0 Å². The summed E-state index contributed by atoms with van der Waals surface area (Å²) in [5.74, 6) is -0.192. The van der Waals surface area contributed by atoms with Crippen molar-refractivity contribution in [1.29, 1.82) is 0 Å². The molecule has 0 radical (unpaired) electrons. The monoisotopic (exact) mass is 148 g/mol. The zero-order valence-electron chi connectivity index (χ0n) is 6.04. The Morgan fingerprint density at radius 1 is 1.45 bits per heavy atom. The van der Waals surface area contributed by atoms with E-state index in [9.17, 15) is 4.79 Å². The second kappa shape index (κ2) is 2.38. The van der Waals surface area contributed by atoms with E-state index in [1.54, 1.807) is 0 Å². The van der Waals surface area contributed by atoms with Crippen LogP contribution in [0.4, 0.5) is 0 Å². The lowest BCUT2D eigenvalue weighted by atomic mass is 10.1. The Morgan fingerprint density at radius 2 is 2.36 bits per heavy atom. The van der Waals surface area contributed by atoms with E-state index in [-0.39, 0.29) is 5.97 Å². The van der Waals surface area contributed by atoms with E-state index in [4.69, 9.17) is 4.74 Å².